The Labute approximate surface area is 140 Å². The van der Waals surface area contributed by atoms with E-state index in [4.69, 9.17) is 4.52 Å². The molecule has 0 aliphatic rings. The van der Waals surface area contributed by atoms with E-state index in [0.717, 1.165) is 10.7 Å². The van der Waals surface area contributed by atoms with Crippen molar-refractivity contribution in [3.8, 4) is 22.8 Å². The lowest BCUT2D eigenvalue weighted by Crippen LogP contribution is -2.09. The van der Waals surface area contributed by atoms with Crippen LogP contribution in [-0.2, 0) is 10.0 Å². The second kappa shape index (κ2) is 6.09. The number of rotatable bonds is 4. The van der Waals surface area contributed by atoms with E-state index in [0.29, 0.717) is 28.5 Å². The standard InChI is InChI=1S/C14H11BrN4O3S/c1-23(20,21)19-12-4-2-9(3-5-12)13-17-14(22-18-13)10-6-11(15)8-16-7-10/h2-8,19H,1H3. The Kier molecular flexibility index (Phi) is 4.14. The SMILES string of the molecule is CS(=O)(=O)Nc1ccc(-c2noc(-c3cncc(Br)c3)n2)cc1. The summed E-state index contributed by atoms with van der Waals surface area (Å²) in [5, 5.41) is 3.93. The molecule has 0 atom stereocenters. The van der Waals surface area contributed by atoms with Crippen molar-refractivity contribution in [1.82, 2.24) is 15.1 Å². The predicted molar refractivity (Wildman–Crippen MR) is 89.1 cm³/mol. The Morgan fingerprint density at radius 3 is 2.52 bits per heavy atom. The molecular weight excluding hydrogens is 384 g/mol. The quantitative estimate of drug-likeness (QED) is 0.730. The van der Waals surface area contributed by atoms with Crippen molar-refractivity contribution in [2.45, 2.75) is 0 Å². The van der Waals surface area contributed by atoms with Gasteiger partial charge in [-0.15, -0.1) is 0 Å². The van der Waals surface area contributed by atoms with E-state index in [1.807, 2.05) is 6.07 Å². The monoisotopic (exact) mass is 394 g/mol. The first-order chi connectivity index (χ1) is 10.9. The van der Waals surface area contributed by atoms with E-state index in [-0.39, 0.29) is 0 Å². The van der Waals surface area contributed by atoms with Crippen molar-refractivity contribution in [3.05, 3.63) is 47.2 Å². The van der Waals surface area contributed by atoms with Crippen molar-refractivity contribution in [1.29, 1.82) is 0 Å². The van der Waals surface area contributed by atoms with Crippen LogP contribution in [0, 0.1) is 0 Å². The van der Waals surface area contributed by atoms with Crippen LogP contribution in [-0.4, -0.2) is 29.8 Å². The molecule has 0 amide bonds. The zero-order valence-electron chi connectivity index (χ0n) is 11.9. The minimum Gasteiger partial charge on any atom is -0.334 e. The Balaban J connectivity index is 1.86. The smallest absolute Gasteiger partial charge is 0.259 e. The van der Waals surface area contributed by atoms with Gasteiger partial charge >= 0.3 is 0 Å². The molecule has 1 N–H and O–H groups in total. The minimum atomic E-state index is -3.30. The summed E-state index contributed by atoms with van der Waals surface area (Å²) in [7, 11) is -3.30. The summed E-state index contributed by atoms with van der Waals surface area (Å²) in [6.45, 7) is 0. The average Bonchev–Trinajstić information content (AvgIpc) is 2.96. The van der Waals surface area contributed by atoms with Gasteiger partial charge in [-0.05, 0) is 46.3 Å². The van der Waals surface area contributed by atoms with Gasteiger partial charge in [-0.25, -0.2) is 8.42 Å². The van der Waals surface area contributed by atoms with Crippen LogP contribution in [0.25, 0.3) is 22.8 Å². The summed E-state index contributed by atoms with van der Waals surface area (Å²) in [5.74, 6) is 0.762. The van der Waals surface area contributed by atoms with Crippen molar-refractivity contribution in [2.75, 3.05) is 11.0 Å². The van der Waals surface area contributed by atoms with Gasteiger partial charge in [0.05, 0.1) is 11.8 Å². The number of benzene rings is 1. The molecule has 0 spiro atoms. The first-order valence-electron chi connectivity index (χ1n) is 6.43. The summed E-state index contributed by atoms with van der Waals surface area (Å²) < 4.78 is 30.8. The third-order valence-electron chi connectivity index (χ3n) is 2.82. The van der Waals surface area contributed by atoms with Crippen molar-refractivity contribution >= 4 is 31.6 Å². The molecule has 118 valence electrons. The van der Waals surface area contributed by atoms with Crippen LogP contribution in [0.2, 0.25) is 0 Å². The van der Waals surface area contributed by atoms with Crippen LogP contribution in [0.15, 0.2) is 51.7 Å². The summed E-state index contributed by atoms with van der Waals surface area (Å²) in [6, 6.07) is 8.51. The summed E-state index contributed by atoms with van der Waals surface area (Å²) in [6.07, 6.45) is 4.38. The van der Waals surface area contributed by atoms with Crippen molar-refractivity contribution < 1.29 is 12.9 Å². The van der Waals surface area contributed by atoms with E-state index < -0.39 is 10.0 Å². The number of pyridine rings is 1. The Hall–Kier alpha value is -2.26. The number of hydrogen-bond donors (Lipinski definition) is 1. The van der Waals surface area contributed by atoms with E-state index in [1.165, 1.54) is 0 Å². The lowest BCUT2D eigenvalue weighted by atomic mass is 10.2. The zero-order chi connectivity index (χ0) is 16.4. The molecular formula is C14H11BrN4O3S. The molecule has 0 bridgehead atoms. The first-order valence-corrected chi connectivity index (χ1v) is 9.12. The highest BCUT2D eigenvalue weighted by Gasteiger charge is 2.11. The van der Waals surface area contributed by atoms with Crippen LogP contribution in [0.5, 0.6) is 0 Å². The molecule has 3 aromatic rings. The molecule has 23 heavy (non-hydrogen) atoms. The van der Waals surface area contributed by atoms with Crippen molar-refractivity contribution in [2.24, 2.45) is 0 Å². The molecule has 2 aromatic heterocycles. The van der Waals surface area contributed by atoms with Crippen molar-refractivity contribution in [3.63, 3.8) is 0 Å². The van der Waals surface area contributed by atoms with Crippen LogP contribution in [0.3, 0.4) is 0 Å². The maximum atomic E-state index is 11.2. The molecule has 3 rings (SSSR count). The normalized spacial score (nSPS) is 11.4. The van der Waals surface area contributed by atoms with Gasteiger partial charge in [0.2, 0.25) is 15.8 Å². The summed E-state index contributed by atoms with van der Waals surface area (Å²) in [5.41, 5.74) is 1.88. The molecule has 0 unspecified atom stereocenters. The predicted octanol–water partition coefficient (Wildman–Crippen LogP) is 2.93. The molecule has 9 heteroatoms. The number of hydrogen-bond acceptors (Lipinski definition) is 6. The fourth-order valence-corrected chi connectivity index (χ4v) is 2.82. The van der Waals surface area contributed by atoms with E-state index in [2.05, 4.69) is 35.8 Å². The number of nitrogens with one attached hydrogen (secondary N) is 1. The molecule has 2 heterocycles. The largest absolute Gasteiger partial charge is 0.334 e. The average molecular weight is 395 g/mol. The maximum absolute atomic E-state index is 11.2. The highest BCUT2D eigenvalue weighted by atomic mass is 79.9. The van der Waals surface area contributed by atoms with Gasteiger partial charge < -0.3 is 4.52 Å². The molecule has 0 aliphatic heterocycles. The fourth-order valence-electron chi connectivity index (χ4n) is 1.89. The minimum absolute atomic E-state index is 0.354. The topological polar surface area (TPSA) is 98.0 Å². The molecule has 0 saturated carbocycles. The Morgan fingerprint density at radius 2 is 1.87 bits per heavy atom. The summed E-state index contributed by atoms with van der Waals surface area (Å²) >= 11 is 3.33. The fraction of sp³-hybridized carbons (Fsp3) is 0.0714. The van der Waals surface area contributed by atoms with Gasteiger partial charge in [0.25, 0.3) is 5.89 Å². The second-order valence-electron chi connectivity index (χ2n) is 4.77. The Bertz CT molecular complexity index is 939. The van der Waals surface area contributed by atoms with Gasteiger partial charge in [0, 0.05) is 28.1 Å². The third-order valence-corrected chi connectivity index (χ3v) is 3.86. The lowest BCUT2D eigenvalue weighted by molar-refractivity contribution is 0.432. The van der Waals surface area contributed by atoms with E-state index in [9.17, 15) is 8.42 Å². The highest BCUT2D eigenvalue weighted by Crippen LogP contribution is 2.24. The second-order valence-corrected chi connectivity index (χ2v) is 7.43. The van der Waals surface area contributed by atoms with E-state index in [1.54, 1.807) is 36.7 Å². The van der Waals surface area contributed by atoms with Gasteiger partial charge in [-0.1, -0.05) is 5.16 Å². The number of nitrogens with zero attached hydrogens (tertiary/aromatic N) is 3. The third kappa shape index (κ3) is 3.93. The molecule has 0 radical (unpaired) electrons. The number of sulfonamides is 1. The molecule has 0 saturated heterocycles. The van der Waals surface area contributed by atoms with Gasteiger partial charge in [-0.3, -0.25) is 9.71 Å². The number of halogens is 1. The van der Waals surface area contributed by atoms with Gasteiger partial charge in [-0.2, -0.15) is 4.98 Å². The first kappa shape index (κ1) is 15.6. The van der Waals surface area contributed by atoms with Gasteiger partial charge in [0.15, 0.2) is 0 Å². The lowest BCUT2D eigenvalue weighted by Gasteiger charge is -2.03. The molecule has 1 aromatic carbocycles. The number of aromatic nitrogens is 3. The number of anilines is 1. The maximum Gasteiger partial charge on any atom is 0.259 e. The molecule has 7 nitrogen and oxygen atoms in total. The Morgan fingerprint density at radius 1 is 1.13 bits per heavy atom. The van der Waals surface area contributed by atoms with Crippen LogP contribution in [0.4, 0.5) is 5.69 Å². The van der Waals surface area contributed by atoms with Crippen LogP contribution in [0.1, 0.15) is 0 Å². The van der Waals surface area contributed by atoms with Gasteiger partial charge in [0.1, 0.15) is 0 Å². The highest BCUT2D eigenvalue weighted by molar-refractivity contribution is 9.10. The summed E-state index contributed by atoms with van der Waals surface area (Å²) in [4.78, 5) is 8.37. The molecule has 0 fully saturated rings. The zero-order valence-corrected chi connectivity index (χ0v) is 14.3. The van der Waals surface area contributed by atoms with E-state index >= 15 is 0 Å². The molecule has 0 aliphatic carbocycles. The van der Waals surface area contributed by atoms with Crippen LogP contribution >= 0.6 is 15.9 Å². The van der Waals surface area contributed by atoms with Crippen LogP contribution < -0.4 is 4.72 Å².